The summed E-state index contributed by atoms with van der Waals surface area (Å²) in [7, 11) is 1.72. The number of ether oxygens (including phenoxy) is 2. The molecule has 98 valence electrons. The summed E-state index contributed by atoms with van der Waals surface area (Å²) >= 11 is 0. The second-order valence-corrected chi connectivity index (χ2v) is 5.24. The van der Waals surface area contributed by atoms with Crippen molar-refractivity contribution in [3.8, 4) is 5.75 Å². The number of nitrogens with one attached hydrogen (secondary N) is 1. The monoisotopic (exact) mass is 247 g/mol. The van der Waals surface area contributed by atoms with E-state index < -0.39 is 0 Å². The quantitative estimate of drug-likeness (QED) is 0.870. The fourth-order valence-electron chi connectivity index (χ4n) is 3.07. The number of fused-ring (bicyclic) bond motifs is 3. The summed E-state index contributed by atoms with van der Waals surface area (Å²) in [5, 5.41) is 3.72. The predicted octanol–water partition coefficient (Wildman–Crippen LogP) is 2.45. The van der Waals surface area contributed by atoms with Crippen molar-refractivity contribution >= 4 is 0 Å². The van der Waals surface area contributed by atoms with Gasteiger partial charge in [-0.15, -0.1) is 0 Å². The molecule has 1 heterocycles. The number of hydrogen-bond acceptors (Lipinski definition) is 3. The van der Waals surface area contributed by atoms with Crippen molar-refractivity contribution in [3.05, 3.63) is 29.3 Å². The minimum Gasteiger partial charge on any atom is -0.497 e. The molecule has 0 spiro atoms. The molecule has 0 saturated carbocycles. The van der Waals surface area contributed by atoms with E-state index in [0.29, 0.717) is 12.1 Å². The van der Waals surface area contributed by atoms with Gasteiger partial charge < -0.3 is 14.8 Å². The van der Waals surface area contributed by atoms with Gasteiger partial charge in [0.1, 0.15) is 5.75 Å². The Morgan fingerprint density at radius 3 is 3.11 bits per heavy atom. The first-order valence-corrected chi connectivity index (χ1v) is 6.86. The Labute approximate surface area is 108 Å². The summed E-state index contributed by atoms with van der Waals surface area (Å²) in [6.07, 6.45) is 3.63. The smallest absolute Gasteiger partial charge is 0.119 e. The molecule has 3 heteroatoms. The maximum absolute atomic E-state index is 6.08. The van der Waals surface area contributed by atoms with Crippen molar-refractivity contribution in [3.63, 3.8) is 0 Å². The number of hydrogen-bond donors (Lipinski definition) is 1. The lowest BCUT2D eigenvalue weighted by Gasteiger charge is -2.41. The van der Waals surface area contributed by atoms with Crippen LogP contribution in [0.2, 0.25) is 0 Å². The van der Waals surface area contributed by atoms with E-state index >= 15 is 0 Å². The van der Waals surface area contributed by atoms with Crippen LogP contribution >= 0.6 is 0 Å². The molecule has 0 radical (unpaired) electrons. The Morgan fingerprint density at radius 1 is 1.44 bits per heavy atom. The van der Waals surface area contributed by atoms with Crippen LogP contribution < -0.4 is 10.1 Å². The van der Waals surface area contributed by atoms with Gasteiger partial charge in [-0.3, -0.25) is 0 Å². The number of rotatable bonds is 2. The Morgan fingerprint density at radius 2 is 2.33 bits per heavy atom. The zero-order valence-corrected chi connectivity index (χ0v) is 11.1. The van der Waals surface area contributed by atoms with E-state index in [-0.39, 0.29) is 6.10 Å². The molecule has 0 aromatic heterocycles. The van der Waals surface area contributed by atoms with Crippen molar-refractivity contribution in [1.29, 1.82) is 0 Å². The summed E-state index contributed by atoms with van der Waals surface area (Å²) in [5.74, 6) is 0.947. The summed E-state index contributed by atoms with van der Waals surface area (Å²) < 4.78 is 11.4. The molecular formula is C15H21NO2. The van der Waals surface area contributed by atoms with Gasteiger partial charge in [0.2, 0.25) is 0 Å². The van der Waals surface area contributed by atoms with E-state index in [1.165, 1.54) is 11.1 Å². The number of aryl methyl sites for hydroxylation is 1. The third-order valence-corrected chi connectivity index (χ3v) is 4.17. The lowest BCUT2D eigenvalue weighted by Crippen LogP contribution is -2.51. The van der Waals surface area contributed by atoms with Crippen molar-refractivity contribution in [2.24, 2.45) is 0 Å². The lowest BCUT2D eigenvalue weighted by molar-refractivity contribution is -0.0368. The third-order valence-electron chi connectivity index (χ3n) is 4.17. The molecule has 18 heavy (non-hydrogen) atoms. The number of benzene rings is 1. The Bertz CT molecular complexity index is 433. The van der Waals surface area contributed by atoms with Gasteiger partial charge >= 0.3 is 0 Å². The normalized spacial score (nSPS) is 30.4. The molecule has 0 bridgehead atoms. The highest BCUT2D eigenvalue weighted by molar-refractivity contribution is 5.39. The SMILES string of the molecule is CCC1COC2c3ccc(OC)cc3CCC2N1. The highest BCUT2D eigenvalue weighted by atomic mass is 16.5. The molecule has 3 nitrogen and oxygen atoms in total. The summed E-state index contributed by atoms with van der Waals surface area (Å²) in [6.45, 7) is 3.03. The molecule has 1 aliphatic heterocycles. The second kappa shape index (κ2) is 4.90. The molecule has 1 aliphatic carbocycles. The van der Waals surface area contributed by atoms with Crippen molar-refractivity contribution in [1.82, 2.24) is 5.32 Å². The van der Waals surface area contributed by atoms with Crippen molar-refractivity contribution < 1.29 is 9.47 Å². The maximum Gasteiger partial charge on any atom is 0.119 e. The molecule has 3 unspecified atom stereocenters. The van der Waals surface area contributed by atoms with Gasteiger partial charge in [0.25, 0.3) is 0 Å². The van der Waals surface area contributed by atoms with E-state index in [1.807, 2.05) is 6.07 Å². The highest BCUT2D eigenvalue weighted by Crippen LogP contribution is 2.36. The summed E-state index contributed by atoms with van der Waals surface area (Å²) in [6, 6.07) is 7.35. The van der Waals surface area contributed by atoms with Crippen LogP contribution in [0.15, 0.2) is 18.2 Å². The average molecular weight is 247 g/mol. The third kappa shape index (κ3) is 2.02. The Balaban J connectivity index is 1.85. The van der Waals surface area contributed by atoms with E-state index in [2.05, 4.69) is 24.4 Å². The van der Waals surface area contributed by atoms with Gasteiger partial charge in [0.15, 0.2) is 0 Å². The van der Waals surface area contributed by atoms with Crippen LogP contribution in [-0.4, -0.2) is 25.8 Å². The van der Waals surface area contributed by atoms with Crippen LogP contribution in [-0.2, 0) is 11.2 Å². The molecule has 1 fully saturated rings. The highest BCUT2D eigenvalue weighted by Gasteiger charge is 2.35. The first kappa shape index (κ1) is 12.0. The summed E-state index contributed by atoms with van der Waals surface area (Å²) in [4.78, 5) is 0. The van der Waals surface area contributed by atoms with E-state index in [9.17, 15) is 0 Å². The van der Waals surface area contributed by atoms with Crippen LogP contribution in [0.3, 0.4) is 0 Å². The number of morpholine rings is 1. The molecule has 3 rings (SSSR count). The van der Waals surface area contributed by atoms with Gasteiger partial charge in [-0.1, -0.05) is 13.0 Å². The molecule has 2 aliphatic rings. The minimum absolute atomic E-state index is 0.224. The zero-order chi connectivity index (χ0) is 12.5. The number of methoxy groups -OCH3 is 1. The van der Waals surface area contributed by atoms with Crippen molar-refractivity contribution in [2.45, 2.75) is 44.4 Å². The molecule has 3 atom stereocenters. The first-order valence-electron chi connectivity index (χ1n) is 6.86. The Kier molecular flexibility index (Phi) is 3.27. The van der Waals surface area contributed by atoms with Gasteiger partial charge in [-0.2, -0.15) is 0 Å². The predicted molar refractivity (Wildman–Crippen MR) is 71.0 cm³/mol. The lowest BCUT2D eigenvalue weighted by atomic mass is 9.84. The minimum atomic E-state index is 0.224. The molecule has 0 amide bonds. The van der Waals surface area contributed by atoms with E-state index in [0.717, 1.165) is 31.6 Å². The van der Waals surface area contributed by atoms with Gasteiger partial charge in [-0.05, 0) is 42.5 Å². The fraction of sp³-hybridized carbons (Fsp3) is 0.600. The standard InChI is InChI=1S/C15H21NO2/c1-3-11-9-18-15-13-6-5-12(17-2)8-10(13)4-7-14(15)16-11/h5-6,8,11,14-16H,3-4,7,9H2,1-2H3. The zero-order valence-electron chi connectivity index (χ0n) is 11.1. The fourth-order valence-corrected chi connectivity index (χ4v) is 3.07. The largest absolute Gasteiger partial charge is 0.497 e. The van der Waals surface area contributed by atoms with E-state index in [4.69, 9.17) is 9.47 Å². The molecule has 1 N–H and O–H groups in total. The molecule has 1 aromatic rings. The average Bonchev–Trinajstić information content (AvgIpc) is 2.45. The summed E-state index contributed by atoms with van der Waals surface area (Å²) in [5.41, 5.74) is 2.72. The maximum atomic E-state index is 6.08. The van der Waals surface area contributed by atoms with Gasteiger partial charge in [-0.25, -0.2) is 0 Å². The van der Waals surface area contributed by atoms with Crippen LogP contribution in [0.4, 0.5) is 0 Å². The topological polar surface area (TPSA) is 30.5 Å². The van der Waals surface area contributed by atoms with Crippen LogP contribution in [0, 0.1) is 0 Å². The van der Waals surface area contributed by atoms with Gasteiger partial charge in [0.05, 0.1) is 19.8 Å². The molecular weight excluding hydrogens is 226 g/mol. The van der Waals surface area contributed by atoms with Crippen LogP contribution in [0.1, 0.15) is 37.0 Å². The second-order valence-electron chi connectivity index (χ2n) is 5.24. The van der Waals surface area contributed by atoms with Crippen LogP contribution in [0.5, 0.6) is 5.75 Å². The van der Waals surface area contributed by atoms with Gasteiger partial charge in [0, 0.05) is 12.1 Å². The molecule has 1 aromatic carbocycles. The molecule has 1 saturated heterocycles. The first-order chi connectivity index (χ1) is 8.81. The van der Waals surface area contributed by atoms with Crippen LogP contribution in [0.25, 0.3) is 0 Å². The Hall–Kier alpha value is -1.06. The van der Waals surface area contributed by atoms with E-state index in [1.54, 1.807) is 7.11 Å². The van der Waals surface area contributed by atoms with Crippen molar-refractivity contribution in [2.75, 3.05) is 13.7 Å².